The zero-order chi connectivity index (χ0) is 15.7. The number of amides is 1. The maximum atomic E-state index is 12.8. The second kappa shape index (κ2) is 5.99. The van der Waals surface area contributed by atoms with E-state index < -0.39 is 0 Å². The molecule has 3 rings (SSSR count). The third kappa shape index (κ3) is 2.80. The lowest BCUT2D eigenvalue weighted by atomic mass is 10.1. The molecule has 0 bridgehead atoms. The molecular weight excluding hydrogens is 321 g/mol. The van der Waals surface area contributed by atoms with Gasteiger partial charge < -0.3 is 10.6 Å². The van der Waals surface area contributed by atoms with Gasteiger partial charge in [-0.2, -0.15) is 0 Å². The van der Waals surface area contributed by atoms with E-state index in [9.17, 15) is 4.79 Å². The number of anilines is 2. The smallest absolute Gasteiger partial charge is 0.258 e. The van der Waals surface area contributed by atoms with Crippen LogP contribution in [0.5, 0.6) is 0 Å². The van der Waals surface area contributed by atoms with Crippen LogP contribution >= 0.6 is 23.2 Å². The van der Waals surface area contributed by atoms with Gasteiger partial charge in [-0.25, -0.2) is 0 Å². The number of nitrogens with zero attached hydrogens (tertiary/aromatic N) is 2. The Morgan fingerprint density at radius 3 is 2.73 bits per heavy atom. The molecule has 0 fully saturated rings. The molecule has 22 heavy (non-hydrogen) atoms. The van der Waals surface area contributed by atoms with Gasteiger partial charge in [0.15, 0.2) is 0 Å². The Balaban J connectivity index is 2.01. The van der Waals surface area contributed by atoms with Crippen molar-refractivity contribution < 1.29 is 4.79 Å². The Kier molecular flexibility index (Phi) is 4.05. The molecule has 2 aromatic rings. The fourth-order valence-electron chi connectivity index (χ4n) is 2.36. The number of carbonyl (C=O) groups excluding carboxylic acids is 1. The van der Waals surface area contributed by atoms with Gasteiger partial charge in [-0.05, 0) is 36.4 Å². The minimum absolute atomic E-state index is 0.143. The topological polar surface area (TPSA) is 58.7 Å². The molecule has 0 saturated carbocycles. The van der Waals surface area contributed by atoms with E-state index in [2.05, 4.69) is 4.99 Å². The molecule has 6 heteroatoms. The molecule has 0 spiro atoms. The van der Waals surface area contributed by atoms with Crippen molar-refractivity contribution in [2.75, 3.05) is 23.7 Å². The van der Waals surface area contributed by atoms with Gasteiger partial charge in [-0.1, -0.05) is 23.2 Å². The molecule has 4 nitrogen and oxygen atoms in total. The lowest BCUT2D eigenvalue weighted by Crippen LogP contribution is -2.33. The quantitative estimate of drug-likeness (QED) is 0.809. The average Bonchev–Trinajstić information content (AvgIpc) is 2.71. The molecule has 0 saturated heterocycles. The summed E-state index contributed by atoms with van der Waals surface area (Å²) < 4.78 is 0. The first-order chi connectivity index (χ1) is 10.6. The standard InChI is InChI=1S/C16H13Cl2N3O/c17-13-3-1-10(8-14(13)18)16(22)21-6-5-20-9-11-7-12(19)2-4-15(11)21/h1-4,7-9H,5-6,19H2. The number of rotatable bonds is 1. The Labute approximate surface area is 138 Å². The summed E-state index contributed by atoms with van der Waals surface area (Å²) in [4.78, 5) is 18.8. The highest BCUT2D eigenvalue weighted by molar-refractivity contribution is 6.42. The molecule has 0 radical (unpaired) electrons. The lowest BCUT2D eigenvalue weighted by Gasteiger charge is -2.23. The van der Waals surface area contributed by atoms with Crippen LogP contribution in [-0.4, -0.2) is 25.2 Å². The highest BCUT2D eigenvalue weighted by atomic mass is 35.5. The van der Waals surface area contributed by atoms with Gasteiger partial charge in [0.1, 0.15) is 0 Å². The number of halogens is 2. The summed E-state index contributed by atoms with van der Waals surface area (Å²) in [6.07, 6.45) is 1.74. The number of hydrogen-bond acceptors (Lipinski definition) is 3. The number of benzodiazepines with no additional fused rings is 1. The van der Waals surface area contributed by atoms with Crippen molar-refractivity contribution in [3.05, 3.63) is 57.6 Å². The van der Waals surface area contributed by atoms with Crippen molar-refractivity contribution in [1.29, 1.82) is 0 Å². The monoisotopic (exact) mass is 333 g/mol. The molecular formula is C16H13Cl2N3O. The molecule has 1 heterocycles. The normalized spacial score (nSPS) is 13.6. The lowest BCUT2D eigenvalue weighted by molar-refractivity contribution is 0.0988. The Hall–Kier alpha value is -2.04. The van der Waals surface area contributed by atoms with Crippen molar-refractivity contribution in [3.8, 4) is 0 Å². The average molecular weight is 334 g/mol. The van der Waals surface area contributed by atoms with Gasteiger partial charge in [0.05, 0.1) is 22.3 Å². The number of hydrogen-bond donors (Lipinski definition) is 1. The van der Waals surface area contributed by atoms with Crippen LogP contribution < -0.4 is 10.6 Å². The Morgan fingerprint density at radius 1 is 1.14 bits per heavy atom. The Morgan fingerprint density at radius 2 is 1.95 bits per heavy atom. The van der Waals surface area contributed by atoms with Crippen LogP contribution in [-0.2, 0) is 0 Å². The number of carbonyl (C=O) groups is 1. The molecule has 0 aliphatic carbocycles. The van der Waals surface area contributed by atoms with Crippen LogP contribution in [0.2, 0.25) is 10.0 Å². The fourth-order valence-corrected chi connectivity index (χ4v) is 2.66. The third-order valence-electron chi connectivity index (χ3n) is 3.44. The SMILES string of the molecule is Nc1ccc2c(c1)C=NCCN2C(=O)c1ccc(Cl)c(Cl)c1. The third-order valence-corrected chi connectivity index (χ3v) is 4.18. The van der Waals surface area contributed by atoms with E-state index in [1.54, 1.807) is 41.4 Å². The molecule has 1 aliphatic heterocycles. The van der Waals surface area contributed by atoms with Crippen LogP contribution in [0.3, 0.4) is 0 Å². The van der Waals surface area contributed by atoms with Gasteiger partial charge in [0.25, 0.3) is 5.91 Å². The van der Waals surface area contributed by atoms with Crippen molar-refractivity contribution in [1.82, 2.24) is 0 Å². The minimum atomic E-state index is -0.143. The molecule has 2 aromatic carbocycles. The number of benzene rings is 2. The van der Waals surface area contributed by atoms with Crippen LogP contribution in [0.1, 0.15) is 15.9 Å². The van der Waals surface area contributed by atoms with E-state index >= 15 is 0 Å². The number of fused-ring (bicyclic) bond motifs is 1. The molecule has 2 N–H and O–H groups in total. The summed E-state index contributed by atoms with van der Waals surface area (Å²) in [6.45, 7) is 1.02. The van der Waals surface area contributed by atoms with Gasteiger partial charge >= 0.3 is 0 Å². The predicted octanol–water partition coefficient (Wildman–Crippen LogP) is 3.65. The number of aliphatic imine (C=N–C) groups is 1. The minimum Gasteiger partial charge on any atom is -0.399 e. The van der Waals surface area contributed by atoms with Crippen molar-refractivity contribution in [2.45, 2.75) is 0 Å². The van der Waals surface area contributed by atoms with Crippen LogP contribution in [0.15, 0.2) is 41.4 Å². The van der Waals surface area contributed by atoms with Crippen molar-refractivity contribution in [3.63, 3.8) is 0 Å². The van der Waals surface area contributed by atoms with Crippen LogP contribution in [0, 0.1) is 0 Å². The van der Waals surface area contributed by atoms with Crippen LogP contribution in [0.25, 0.3) is 0 Å². The second-order valence-electron chi connectivity index (χ2n) is 4.94. The largest absolute Gasteiger partial charge is 0.399 e. The first-order valence-corrected chi connectivity index (χ1v) is 7.48. The summed E-state index contributed by atoms with van der Waals surface area (Å²) in [5, 5.41) is 0.779. The molecule has 0 unspecified atom stereocenters. The second-order valence-corrected chi connectivity index (χ2v) is 5.75. The summed E-state index contributed by atoms with van der Waals surface area (Å²) in [5.41, 5.74) is 8.53. The van der Waals surface area contributed by atoms with Gasteiger partial charge in [-0.15, -0.1) is 0 Å². The maximum absolute atomic E-state index is 12.8. The maximum Gasteiger partial charge on any atom is 0.258 e. The molecule has 0 aromatic heterocycles. The summed E-state index contributed by atoms with van der Waals surface area (Å²) in [6, 6.07) is 10.3. The fraction of sp³-hybridized carbons (Fsp3) is 0.125. The van der Waals surface area contributed by atoms with Crippen molar-refractivity contribution >= 4 is 46.7 Å². The molecule has 1 amide bonds. The molecule has 0 atom stereocenters. The zero-order valence-electron chi connectivity index (χ0n) is 11.6. The van der Waals surface area contributed by atoms with E-state index in [0.29, 0.717) is 34.4 Å². The summed E-state index contributed by atoms with van der Waals surface area (Å²) in [7, 11) is 0. The van der Waals surface area contributed by atoms with E-state index in [1.807, 2.05) is 6.07 Å². The summed E-state index contributed by atoms with van der Waals surface area (Å²) >= 11 is 11.9. The van der Waals surface area contributed by atoms with Crippen LogP contribution in [0.4, 0.5) is 11.4 Å². The van der Waals surface area contributed by atoms with Gasteiger partial charge in [0, 0.05) is 29.6 Å². The van der Waals surface area contributed by atoms with E-state index in [1.165, 1.54) is 0 Å². The van der Waals surface area contributed by atoms with E-state index in [-0.39, 0.29) is 5.91 Å². The Bertz CT molecular complexity index is 774. The van der Waals surface area contributed by atoms with E-state index in [4.69, 9.17) is 28.9 Å². The van der Waals surface area contributed by atoms with Crippen molar-refractivity contribution in [2.24, 2.45) is 4.99 Å². The summed E-state index contributed by atoms with van der Waals surface area (Å²) in [5.74, 6) is -0.143. The number of nitrogen functional groups attached to an aromatic ring is 1. The van der Waals surface area contributed by atoms with Gasteiger partial charge in [0.2, 0.25) is 0 Å². The predicted molar refractivity (Wildman–Crippen MR) is 91.5 cm³/mol. The molecule has 112 valence electrons. The van der Waals surface area contributed by atoms with E-state index in [0.717, 1.165) is 11.3 Å². The number of nitrogens with two attached hydrogens (primary N) is 1. The highest BCUT2D eigenvalue weighted by Crippen LogP contribution is 2.27. The zero-order valence-corrected chi connectivity index (χ0v) is 13.1. The molecule has 1 aliphatic rings. The van der Waals surface area contributed by atoms with Gasteiger partial charge in [-0.3, -0.25) is 9.79 Å². The highest BCUT2D eigenvalue weighted by Gasteiger charge is 2.21. The first kappa shape index (κ1) is 14.9. The first-order valence-electron chi connectivity index (χ1n) is 6.72.